The lowest BCUT2D eigenvalue weighted by Gasteiger charge is -2.38. The number of fused-ring (bicyclic) bond motifs is 6. The van der Waals surface area contributed by atoms with Crippen molar-refractivity contribution in [3.63, 3.8) is 0 Å². The first kappa shape index (κ1) is 18.2. The van der Waals surface area contributed by atoms with Crippen molar-refractivity contribution in [1.82, 2.24) is 19.3 Å². The van der Waals surface area contributed by atoms with Gasteiger partial charge in [-0.1, -0.05) is 6.07 Å². The standard InChI is InChI=1S/C22H17F2N5O2/c23-12-1-2-13-11(5-12)6-19-20(13)28(3-4-31-19)22(30)14-7-17-16(8-15(14)24)27-21(25)18-9-26-10-29(17)18/h1-2,5,7-10,19-20H,3-4,6H2,(H2,25,27)/t19-,20+/m1/s1. The Morgan fingerprint density at radius 3 is 2.94 bits per heavy atom. The Labute approximate surface area is 175 Å². The van der Waals surface area contributed by atoms with Crippen molar-refractivity contribution in [2.24, 2.45) is 0 Å². The lowest BCUT2D eigenvalue weighted by molar-refractivity contribution is -0.0517. The van der Waals surface area contributed by atoms with E-state index in [-0.39, 0.29) is 29.3 Å². The van der Waals surface area contributed by atoms with Gasteiger partial charge in [0.1, 0.15) is 23.0 Å². The first-order valence-corrected chi connectivity index (χ1v) is 9.93. The number of nitrogen functional groups attached to an aromatic ring is 1. The summed E-state index contributed by atoms with van der Waals surface area (Å²) < 4.78 is 36.3. The molecule has 9 heteroatoms. The molecule has 1 aliphatic heterocycles. The predicted octanol–water partition coefficient (Wildman–Crippen LogP) is 2.88. The molecule has 156 valence electrons. The first-order chi connectivity index (χ1) is 15.0. The number of anilines is 1. The van der Waals surface area contributed by atoms with Gasteiger partial charge in [0.15, 0.2) is 0 Å². The first-order valence-electron chi connectivity index (χ1n) is 9.93. The number of nitrogens with zero attached hydrogens (tertiary/aromatic N) is 4. The number of rotatable bonds is 1. The summed E-state index contributed by atoms with van der Waals surface area (Å²) in [6.45, 7) is 0.650. The second-order valence-electron chi connectivity index (χ2n) is 7.87. The number of imidazole rings is 1. The minimum Gasteiger partial charge on any atom is -0.382 e. The molecule has 31 heavy (non-hydrogen) atoms. The summed E-state index contributed by atoms with van der Waals surface area (Å²) in [7, 11) is 0. The summed E-state index contributed by atoms with van der Waals surface area (Å²) >= 11 is 0. The maximum absolute atomic E-state index is 15.0. The Balaban J connectivity index is 1.47. The predicted molar refractivity (Wildman–Crippen MR) is 108 cm³/mol. The largest absolute Gasteiger partial charge is 0.382 e. The normalized spacial score (nSPS) is 20.3. The molecular weight excluding hydrogens is 404 g/mol. The lowest BCUT2D eigenvalue weighted by Crippen LogP contribution is -2.46. The van der Waals surface area contributed by atoms with E-state index in [4.69, 9.17) is 10.5 Å². The maximum atomic E-state index is 15.0. The third kappa shape index (κ3) is 2.63. The zero-order valence-electron chi connectivity index (χ0n) is 16.3. The summed E-state index contributed by atoms with van der Waals surface area (Å²) in [4.78, 5) is 23.5. The van der Waals surface area contributed by atoms with Gasteiger partial charge >= 0.3 is 0 Å². The Morgan fingerprint density at radius 2 is 2.06 bits per heavy atom. The van der Waals surface area contributed by atoms with Crippen LogP contribution >= 0.6 is 0 Å². The van der Waals surface area contributed by atoms with E-state index < -0.39 is 11.7 Å². The molecule has 0 spiro atoms. The Bertz CT molecular complexity index is 1390. The third-order valence-electron chi connectivity index (χ3n) is 6.15. The number of ether oxygens (including phenoxy) is 1. The maximum Gasteiger partial charge on any atom is 0.257 e. The van der Waals surface area contributed by atoms with E-state index in [0.29, 0.717) is 36.1 Å². The number of hydrogen-bond acceptors (Lipinski definition) is 5. The Kier molecular flexibility index (Phi) is 3.79. The highest BCUT2D eigenvalue weighted by Gasteiger charge is 2.42. The molecule has 1 fully saturated rings. The fraction of sp³-hybridized carbons (Fsp3) is 0.227. The van der Waals surface area contributed by atoms with E-state index in [0.717, 1.165) is 11.1 Å². The van der Waals surface area contributed by atoms with Crippen LogP contribution in [0.3, 0.4) is 0 Å². The number of nitrogens with two attached hydrogens (primary N) is 1. The lowest BCUT2D eigenvalue weighted by atomic mass is 10.0. The number of halogens is 2. The van der Waals surface area contributed by atoms with Crippen molar-refractivity contribution in [3.05, 3.63) is 71.2 Å². The number of morpholine rings is 1. The van der Waals surface area contributed by atoms with Crippen LogP contribution < -0.4 is 5.73 Å². The number of aromatic nitrogens is 3. The molecule has 2 aromatic heterocycles. The summed E-state index contributed by atoms with van der Waals surface area (Å²) in [5, 5.41) is 0. The number of benzene rings is 2. The highest BCUT2D eigenvalue weighted by Crippen LogP contribution is 2.41. The molecular formula is C22H17F2N5O2. The minimum absolute atomic E-state index is 0.0646. The van der Waals surface area contributed by atoms with Crippen LogP contribution in [-0.2, 0) is 11.2 Å². The van der Waals surface area contributed by atoms with Crippen molar-refractivity contribution < 1.29 is 18.3 Å². The van der Waals surface area contributed by atoms with Gasteiger partial charge in [0.2, 0.25) is 0 Å². The number of carbonyl (C=O) groups is 1. The molecule has 2 atom stereocenters. The van der Waals surface area contributed by atoms with Gasteiger partial charge in [-0.25, -0.2) is 18.7 Å². The van der Waals surface area contributed by atoms with Gasteiger partial charge in [-0.05, 0) is 29.3 Å². The van der Waals surface area contributed by atoms with Gasteiger partial charge in [0, 0.05) is 19.0 Å². The van der Waals surface area contributed by atoms with Crippen LogP contribution in [0, 0.1) is 11.6 Å². The fourth-order valence-electron chi connectivity index (χ4n) is 4.77. The molecule has 2 N–H and O–H groups in total. The third-order valence-corrected chi connectivity index (χ3v) is 6.15. The number of hydrogen-bond donors (Lipinski definition) is 1. The summed E-state index contributed by atoms with van der Waals surface area (Å²) in [5.41, 5.74) is 8.97. The van der Waals surface area contributed by atoms with Crippen LogP contribution in [0.25, 0.3) is 16.6 Å². The highest BCUT2D eigenvalue weighted by molar-refractivity contribution is 5.99. The molecule has 2 aliphatic rings. The Morgan fingerprint density at radius 1 is 1.19 bits per heavy atom. The van der Waals surface area contributed by atoms with Crippen LogP contribution in [0.15, 0.2) is 42.9 Å². The van der Waals surface area contributed by atoms with E-state index in [2.05, 4.69) is 9.97 Å². The zero-order chi connectivity index (χ0) is 21.3. The monoisotopic (exact) mass is 421 g/mol. The van der Waals surface area contributed by atoms with Crippen LogP contribution in [0.1, 0.15) is 27.5 Å². The molecule has 7 nitrogen and oxygen atoms in total. The quantitative estimate of drug-likeness (QED) is 0.511. The van der Waals surface area contributed by atoms with Gasteiger partial charge in [-0.2, -0.15) is 0 Å². The van der Waals surface area contributed by atoms with Crippen molar-refractivity contribution in [3.8, 4) is 0 Å². The van der Waals surface area contributed by atoms with E-state index in [1.807, 2.05) is 0 Å². The van der Waals surface area contributed by atoms with E-state index in [9.17, 15) is 9.18 Å². The van der Waals surface area contributed by atoms with E-state index in [1.54, 1.807) is 27.9 Å². The second-order valence-corrected chi connectivity index (χ2v) is 7.87. The second kappa shape index (κ2) is 6.45. The van der Waals surface area contributed by atoms with Crippen LogP contribution in [0.4, 0.5) is 14.6 Å². The summed E-state index contributed by atoms with van der Waals surface area (Å²) in [6.07, 6.45) is 3.35. The molecule has 3 heterocycles. The number of amides is 1. The smallest absolute Gasteiger partial charge is 0.257 e. The minimum atomic E-state index is -0.677. The van der Waals surface area contributed by atoms with E-state index >= 15 is 4.39 Å². The van der Waals surface area contributed by atoms with Crippen molar-refractivity contribution >= 4 is 28.3 Å². The van der Waals surface area contributed by atoms with Gasteiger partial charge in [-0.15, -0.1) is 0 Å². The molecule has 1 saturated heterocycles. The molecule has 6 rings (SSSR count). The SMILES string of the molecule is Nc1nc2cc(F)c(C(=O)N3CCO[C@@H]4Cc5cc(F)ccc5[C@@H]43)cc2n2cncc12. The van der Waals surface area contributed by atoms with Gasteiger partial charge in [-0.3, -0.25) is 9.20 Å². The summed E-state index contributed by atoms with van der Waals surface area (Å²) in [6, 6.07) is 6.85. The molecule has 0 unspecified atom stereocenters. The van der Waals surface area contributed by atoms with E-state index in [1.165, 1.54) is 24.3 Å². The fourth-order valence-corrected chi connectivity index (χ4v) is 4.77. The molecule has 4 aromatic rings. The van der Waals surface area contributed by atoms with Crippen molar-refractivity contribution in [2.45, 2.75) is 18.6 Å². The highest BCUT2D eigenvalue weighted by atomic mass is 19.1. The topological polar surface area (TPSA) is 85.8 Å². The van der Waals surface area contributed by atoms with Crippen LogP contribution in [0.2, 0.25) is 0 Å². The zero-order valence-corrected chi connectivity index (χ0v) is 16.3. The van der Waals surface area contributed by atoms with Gasteiger partial charge < -0.3 is 15.4 Å². The number of carbonyl (C=O) groups excluding carboxylic acids is 1. The van der Waals surface area contributed by atoms with Gasteiger partial charge in [0.25, 0.3) is 5.91 Å². The average molecular weight is 421 g/mol. The Hall–Kier alpha value is -3.59. The summed E-state index contributed by atoms with van der Waals surface area (Å²) in [5.74, 6) is -1.22. The van der Waals surface area contributed by atoms with Crippen LogP contribution in [-0.4, -0.2) is 44.4 Å². The van der Waals surface area contributed by atoms with Crippen molar-refractivity contribution in [1.29, 1.82) is 0 Å². The molecule has 1 aliphatic carbocycles. The van der Waals surface area contributed by atoms with Crippen LogP contribution in [0.5, 0.6) is 0 Å². The molecule has 0 saturated carbocycles. The van der Waals surface area contributed by atoms with Crippen molar-refractivity contribution in [2.75, 3.05) is 18.9 Å². The van der Waals surface area contributed by atoms with Gasteiger partial charge in [0.05, 0.1) is 47.9 Å². The average Bonchev–Trinajstić information content (AvgIpc) is 3.37. The molecule has 0 radical (unpaired) electrons. The molecule has 0 bridgehead atoms. The molecule has 2 aromatic carbocycles. The molecule has 1 amide bonds.